The van der Waals surface area contributed by atoms with Gasteiger partial charge < -0.3 is 14.7 Å². The van der Waals surface area contributed by atoms with Crippen LogP contribution in [0.3, 0.4) is 0 Å². The summed E-state index contributed by atoms with van der Waals surface area (Å²) in [5, 5.41) is 7.38. The number of piperidine rings is 1. The molecule has 1 amide bonds. The number of piperazine rings is 1. The van der Waals surface area contributed by atoms with Gasteiger partial charge >= 0.3 is 0 Å². The quantitative estimate of drug-likeness (QED) is 0.919. The molecule has 1 aromatic heterocycles. The van der Waals surface area contributed by atoms with Crippen LogP contribution in [-0.4, -0.2) is 59.6 Å². The summed E-state index contributed by atoms with van der Waals surface area (Å²) >= 11 is 0. The van der Waals surface area contributed by atoms with Gasteiger partial charge in [-0.3, -0.25) is 9.69 Å². The maximum Gasteiger partial charge on any atom is 0.236 e. The molecule has 2 aromatic rings. The van der Waals surface area contributed by atoms with Crippen molar-refractivity contribution in [3.8, 4) is 11.3 Å². The summed E-state index contributed by atoms with van der Waals surface area (Å²) in [5.74, 6) is 1.03. The van der Waals surface area contributed by atoms with Crippen LogP contribution in [0.2, 0.25) is 0 Å². The monoisotopic (exact) mass is 340 g/mol. The van der Waals surface area contributed by atoms with E-state index in [0.29, 0.717) is 12.6 Å². The molecule has 0 saturated carbocycles. The molecule has 0 aliphatic carbocycles. The Bertz CT molecular complexity index is 715. The highest BCUT2D eigenvalue weighted by atomic mass is 16.5. The Kier molecular flexibility index (Phi) is 4.81. The van der Waals surface area contributed by atoms with Crippen molar-refractivity contribution in [2.45, 2.75) is 25.4 Å². The van der Waals surface area contributed by atoms with Crippen LogP contribution in [0.5, 0.6) is 0 Å². The summed E-state index contributed by atoms with van der Waals surface area (Å²) in [5.41, 5.74) is 2.00. The zero-order valence-electron chi connectivity index (χ0n) is 14.4. The SMILES string of the molecule is O=C1CNCCN1C1CCCN(Cc2cc(-c3ccccc3)on2)C1. The number of amides is 1. The van der Waals surface area contributed by atoms with E-state index in [1.165, 1.54) is 0 Å². The number of carbonyl (C=O) groups is 1. The molecule has 2 fully saturated rings. The largest absolute Gasteiger partial charge is 0.356 e. The van der Waals surface area contributed by atoms with E-state index in [1.807, 2.05) is 36.4 Å². The summed E-state index contributed by atoms with van der Waals surface area (Å²) in [6, 6.07) is 12.4. The number of likely N-dealkylation sites (tertiary alicyclic amines) is 1. The van der Waals surface area contributed by atoms with Gasteiger partial charge in [-0.15, -0.1) is 0 Å². The Labute approximate surface area is 147 Å². The molecule has 2 saturated heterocycles. The van der Waals surface area contributed by atoms with Gasteiger partial charge in [-0.25, -0.2) is 0 Å². The first kappa shape index (κ1) is 16.3. The number of nitrogens with zero attached hydrogens (tertiary/aromatic N) is 3. The molecule has 6 nitrogen and oxygen atoms in total. The second-order valence-corrected chi connectivity index (χ2v) is 6.84. The summed E-state index contributed by atoms with van der Waals surface area (Å²) < 4.78 is 5.50. The highest BCUT2D eigenvalue weighted by molar-refractivity contribution is 5.79. The summed E-state index contributed by atoms with van der Waals surface area (Å²) in [6.45, 7) is 4.92. The molecule has 25 heavy (non-hydrogen) atoms. The molecule has 4 rings (SSSR count). The standard InChI is InChI=1S/C19H24N4O2/c24-19-12-20-8-10-23(19)17-7-4-9-22(14-17)13-16-11-18(25-21-16)15-5-2-1-3-6-15/h1-3,5-6,11,17,20H,4,7-10,12-14H2. The zero-order valence-corrected chi connectivity index (χ0v) is 14.4. The normalized spacial score (nSPS) is 22.3. The average Bonchev–Trinajstić information content (AvgIpc) is 3.12. The molecular formula is C19H24N4O2. The molecule has 0 bridgehead atoms. The third-order valence-electron chi connectivity index (χ3n) is 5.05. The highest BCUT2D eigenvalue weighted by Gasteiger charge is 2.30. The lowest BCUT2D eigenvalue weighted by Crippen LogP contribution is -2.56. The van der Waals surface area contributed by atoms with Crippen molar-refractivity contribution in [3.05, 3.63) is 42.1 Å². The predicted octanol–water partition coefficient (Wildman–Crippen LogP) is 1.74. The van der Waals surface area contributed by atoms with Crippen molar-refractivity contribution < 1.29 is 9.32 Å². The smallest absolute Gasteiger partial charge is 0.236 e. The lowest BCUT2D eigenvalue weighted by molar-refractivity contribution is -0.135. The number of nitrogens with one attached hydrogen (secondary N) is 1. The molecule has 1 aromatic carbocycles. The van der Waals surface area contributed by atoms with Gasteiger partial charge in [0.15, 0.2) is 5.76 Å². The minimum Gasteiger partial charge on any atom is -0.356 e. The molecular weight excluding hydrogens is 316 g/mol. The van der Waals surface area contributed by atoms with Gasteiger partial charge in [-0.05, 0) is 19.4 Å². The Morgan fingerprint density at radius 3 is 2.96 bits per heavy atom. The van der Waals surface area contributed by atoms with Gasteiger partial charge in [0.25, 0.3) is 0 Å². The van der Waals surface area contributed by atoms with E-state index < -0.39 is 0 Å². The van der Waals surface area contributed by atoms with Crippen molar-refractivity contribution in [1.29, 1.82) is 0 Å². The van der Waals surface area contributed by atoms with E-state index in [9.17, 15) is 4.79 Å². The van der Waals surface area contributed by atoms with Crippen molar-refractivity contribution in [3.63, 3.8) is 0 Å². The van der Waals surface area contributed by atoms with Crippen LogP contribution in [0.4, 0.5) is 0 Å². The Balaban J connectivity index is 1.39. The van der Waals surface area contributed by atoms with Crippen LogP contribution < -0.4 is 5.32 Å². The van der Waals surface area contributed by atoms with E-state index >= 15 is 0 Å². The van der Waals surface area contributed by atoms with E-state index in [1.54, 1.807) is 0 Å². The number of benzene rings is 1. The number of aromatic nitrogens is 1. The van der Waals surface area contributed by atoms with Gasteiger partial charge in [-0.2, -0.15) is 0 Å². The van der Waals surface area contributed by atoms with Crippen molar-refractivity contribution in [2.24, 2.45) is 0 Å². The van der Waals surface area contributed by atoms with E-state index in [-0.39, 0.29) is 5.91 Å². The fourth-order valence-electron chi connectivity index (χ4n) is 3.79. The first-order valence-electron chi connectivity index (χ1n) is 9.03. The van der Waals surface area contributed by atoms with Crippen LogP contribution >= 0.6 is 0 Å². The van der Waals surface area contributed by atoms with E-state index in [2.05, 4.69) is 20.3 Å². The average molecular weight is 340 g/mol. The zero-order chi connectivity index (χ0) is 17.1. The van der Waals surface area contributed by atoms with Crippen LogP contribution in [0, 0.1) is 0 Å². The minimum absolute atomic E-state index is 0.228. The van der Waals surface area contributed by atoms with Gasteiger partial charge in [0, 0.05) is 43.9 Å². The molecule has 0 spiro atoms. The number of hydrogen-bond donors (Lipinski definition) is 1. The first-order chi connectivity index (χ1) is 12.3. The molecule has 2 aliphatic heterocycles. The predicted molar refractivity (Wildman–Crippen MR) is 94.8 cm³/mol. The molecule has 132 valence electrons. The van der Waals surface area contributed by atoms with Crippen LogP contribution in [0.15, 0.2) is 40.9 Å². The topological polar surface area (TPSA) is 61.6 Å². The third kappa shape index (κ3) is 3.75. The molecule has 1 atom stereocenters. The second kappa shape index (κ2) is 7.37. The minimum atomic E-state index is 0.228. The van der Waals surface area contributed by atoms with Crippen LogP contribution in [-0.2, 0) is 11.3 Å². The Hall–Kier alpha value is -2.18. The van der Waals surface area contributed by atoms with Crippen molar-refractivity contribution in [2.75, 3.05) is 32.7 Å². The molecule has 6 heteroatoms. The Morgan fingerprint density at radius 1 is 1.24 bits per heavy atom. The Morgan fingerprint density at radius 2 is 2.12 bits per heavy atom. The van der Waals surface area contributed by atoms with Gasteiger partial charge in [-0.1, -0.05) is 35.5 Å². The number of hydrogen-bond acceptors (Lipinski definition) is 5. The molecule has 2 aliphatic rings. The molecule has 0 radical (unpaired) electrons. The molecule has 1 unspecified atom stereocenters. The number of rotatable bonds is 4. The van der Waals surface area contributed by atoms with Crippen molar-refractivity contribution in [1.82, 2.24) is 20.3 Å². The summed E-state index contributed by atoms with van der Waals surface area (Å²) in [4.78, 5) is 16.6. The maximum atomic E-state index is 12.1. The van der Waals surface area contributed by atoms with Crippen molar-refractivity contribution >= 4 is 5.91 Å². The van der Waals surface area contributed by atoms with Crippen LogP contribution in [0.1, 0.15) is 18.5 Å². The highest BCUT2D eigenvalue weighted by Crippen LogP contribution is 2.22. The van der Waals surface area contributed by atoms with Gasteiger partial charge in [0.1, 0.15) is 0 Å². The maximum absolute atomic E-state index is 12.1. The van der Waals surface area contributed by atoms with Gasteiger partial charge in [0.05, 0.1) is 12.2 Å². The summed E-state index contributed by atoms with van der Waals surface area (Å²) in [7, 11) is 0. The fourth-order valence-corrected chi connectivity index (χ4v) is 3.79. The lowest BCUT2D eigenvalue weighted by Gasteiger charge is -2.40. The van der Waals surface area contributed by atoms with Gasteiger partial charge in [0.2, 0.25) is 5.91 Å². The lowest BCUT2D eigenvalue weighted by atomic mass is 10.0. The first-order valence-corrected chi connectivity index (χ1v) is 9.03. The van der Waals surface area contributed by atoms with E-state index in [4.69, 9.17) is 4.52 Å². The molecule has 3 heterocycles. The van der Waals surface area contributed by atoms with Crippen LogP contribution in [0.25, 0.3) is 11.3 Å². The third-order valence-corrected chi connectivity index (χ3v) is 5.05. The summed E-state index contributed by atoms with van der Waals surface area (Å²) in [6.07, 6.45) is 2.21. The fraction of sp³-hybridized carbons (Fsp3) is 0.474. The molecule has 1 N–H and O–H groups in total. The number of carbonyl (C=O) groups excluding carboxylic acids is 1. The second-order valence-electron chi connectivity index (χ2n) is 6.84. The van der Waals surface area contributed by atoms with E-state index in [0.717, 1.165) is 62.6 Å².